The number of nitrogens with one attached hydrogen (secondary N) is 2. The number of rotatable bonds is 8. The van der Waals surface area contributed by atoms with E-state index in [0.717, 1.165) is 0 Å². The number of nitrogens with two attached hydrogens (primary N) is 1. The molecule has 1 saturated heterocycles. The summed E-state index contributed by atoms with van der Waals surface area (Å²) in [5, 5.41) is 13.8. The first-order chi connectivity index (χ1) is 9.96. The molecule has 122 valence electrons. The molecule has 5 N–H and O–H groups in total. The van der Waals surface area contributed by atoms with Gasteiger partial charge in [-0.2, -0.15) is 0 Å². The maximum Gasteiger partial charge on any atom is 0.329 e. The number of carbonyl (C=O) groups is 2. The van der Waals surface area contributed by atoms with Crippen molar-refractivity contribution in [2.75, 3.05) is 39.9 Å². The summed E-state index contributed by atoms with van der Waals surface area (Å²) in [5.74, 6) is -1.05. The molecule has 2 amide bonds. The fourth-order valence-electron chi connectivity index (χ4n) is 2.35. The average molecular weight is 306 g/mol. The van der Waals surface area contributed by atoms with Crippen molar-refractivity contribution in [2.24, 2.45) is 5.73 Å². The summed E-state index contributed by atoms with van der Waals surface area (Å²) in [7, 11) is 1.52. The Morgan fingerprint density at radius 1 is 1.57 bits per heavy atom. The van der Waals surface area contributed by atoms with Crippen LogP contribution in [0.25, 0.3) is 0 Å². The molecule has 0 saturated carbocycles. The Morgan fingerprint density at radius 2 is 2.29 bits per heavy atom. The fourth-order valence-corrected chi connectivity index (χ4v) is 2.35. The molecule has 0 spiro atoms. The Bertz CT molecular complexity index is 358. The van der Waals surface area contributed by atoms with Gasteiger partial charge in [-0.1, -0.05) is 0 Å². The van der Waals surface area contributed by atoms with Gasteiger partial charge < -0.3 is 26.2 Å². The fraction of sp³-hybridized carbons (Fsp3) is 0.833. The second-order valence-corrected chi connectivity index (χ2v) is 5.01. The quantitative estimate of drug-likeness (QED) is 0.445. The Morgan fingerprint density at radius 3 is 2.86 bits per heavy atom. The zero-order valence-electron chi connectivity index (χ0n) is 12.0. The topological polar surface area (TPSA) is 117 Å². The maximum atomic E-state index is 13.5. The molecule has 21 heavy (non-hydrogen) atoms. The van der Waals surface area contributed by atoms with Crippen LogP contribution in [0.3, 0.4) is 0 Å². The van der Waals surface area contributed by atoms with E-state index >= 15 is 0 Å². The van der Waals surface area contributed by atoms with Crippen LogP contribution in [0.1, 0.15) is 6.42 Å². The number of ether oxygens (including phenoxy) is 1. The van der Waals surface area contributed by atoms with Crippen LogP contribution in [0.4, 0.5) is 9.18 Å². The molecule has 0 aromatic heterocycles. The van der Waals surface area contributed by atoms with Crippen LogP contribution in [0.15, 0.2) is 0 Å². The van der Waals surface area contributed by atoms with E-state index in [4.69, 9.17) is 15.6 Å². The van der Waals surface area contributed by atoms with Crippen LogP contribution in [0.5, 0.6) is 0 Å². The van der Waals surface area contributed by atoms with Crippen LogP contribution in [0, 0.1) is 0 Å². The minimum atomic E-state index is -1.16. The average Bonchev–Trinajstić information content (AvgIpc) is 2.79. The Kier molecular flexibility index (Phi) is 7.34. The second kappa shape index (κ2) is 8.75. The number of amides is 2. The molecule has 9 heteroatoms. The normalized spacial score (nSPS) is 23.8. The number of alkyl halides is 1. The molecule has 1 fully saturated rings. The zero-order chi connectivity index (χ0) is 15.8. The van der Waals surface area contributed by atoms with Gasteiger partial charge >= 0.3 is 12.0 Å². The number of likely N-dealkylation sites (tertiary alicyclic amines) is 1. The van der Waals surface area contributed by atoms with E-state index in [2.05, 4.69) is 10.6 Å². The summed E-state index contributed by atoms with van der Waals surface area (Å²) < 4.78 is 18.5. The first-order valence-electron chi connectivity index (χ1n) is 6.82. The number of hydrogen-bond donors (Lipinski definition) is 4. The monoisotopic (exact) mass is 306 g/mol. The number of hydrogen-bond acceptors (Lipinski definition) is 5. The highest BCUT2D eigenvalue weighted by molar-refractivity contribution is 5.73. The minimum absolute atomic E-state index is 0.0766. The van der Waals surface area contributed by atoms with E-state index in [1.54, 1.807) is 0 Å². The number of halogens is 1. The minimum Gasteiger partial charge on any atom is -0.480 e. The van der Waals surface area contributed by atoms with Gasteiger partial charge in [-0.3, -0.25) is 4.90 Å². The predicted molar refractivity (Wildman–Crippen MR) is 73.8 cm³/mol. The van der Waals surface area contributed by atoms with Crippen molar-refractivity contribution in [3.8, 4) is 0 Å². The predicted octanol–water partition coefficient (Wildman–Crippen LogP) is -1.24. The van der Waals surface area contributed by atoms with E-state index in [1.807, 2.05) is 4.90 Å². The first-order valence-corrected chi connectivity index (χ1v) is 6.82. The van der Waals surface area contributed by atoms with Crippen LogP contribution in [-0.4, -0.2) is 80.2 Å². The Hall–Kier alpha value is -1.45. The van der Waals surface area contributed by atoms with Crippen LogP contribution >= 0.6 is 0 Å². The largest absolute Gasteiger partial charge is 0.480 e. The van der Waals surface area contributed by atoms with Gasteiger partial charge in [-0.05, 0) is 6.42 Å². The van der Waals surface area contributed by atoms with Gasteiger partial charge in [0, 0.05) is 38.8 Å². The summed E-state index contributed by atoms with van der Waals surface area (Å²) in [6, 6.07) is -0.577. The van der Waals surface area contributed by atoms with Crippen molar-refractivity contribution < 1.29 is 23.8 Å². The standard InChI is InChI=1S/C12H23FN4O4/c1-15-12(20)16-9-2-10(6-21-7-11(18)19)17(5-9)4-8(13)3-14/h8-10H,2-7,14H2,1H3,(H,18,19)(H2,15,16,20)/t8-,9+,10-/m0/s1. The van der Waals surface area contributed by atoms with Gasteiger partial charge in [0.05, 0.1) is 6.61 Å². The molecule has 0 bridgehead atoms. The van der Waals surface area contributed by atoms with E-state index in [1.165, 1.54) is 7.05 Å². The van der Waals surface area contributed by atoms with Gasteiger partial charge in [0.15, 0.2) is 0 Å². The molecular formula is C12H23FN4O4. The SMILES string of the molecule is CNC(=O)N[C@@H]1C[C@@H](COCC(=O)O)N(C[C@@H](F)CN)C1. The molecule has 8 nitrogen and oxygen atoms in total. The first kappa shape index (κ1) is 17.6. The van der Waals surface area contributed by atoms with E-state index in [-0.39, 0.29) is 37.8 Å². The Labute approximate surface area is 122 Å². The van der Waals surface area contributed by atoms with Crippen molar-refractivity contribution in [3.05, 3.63) is 0 Å². The molecule has 0 aliphatic carbocycles. The summed E-state index contributed by atoms with van der Waals surface area (Å²) >= 11 is 0. The number of aliphatic carboxylic acids is 1. The lowest BCUT2D eigenvalue weighted by Gasteiger charge is -2.25. The third kappa shape index (κ3) is 6.23. The van der Waals surface area contributed by atoms with Gasteiger partial charge in [0.25, 0.3) is 0 Å². The second-order valence-electron chi connectivity index (χ2n) is 5.01. The molecule has 3 atom stereocenters. The molecule has 1 rings (SSSR count). The third-order valence-electron chi connectivity index (χ3n) is 3.31. The number of carbonyl (C=O) groups excluding carboxylic acids is 1. The lowest BCUT2D eigenvalue weighted by Crippen LogP contribution is -2.43. The van der Waals surface area contributed by atoms with Crippen LogP contribution in [0.2, 0.25) is 0 Å². The van der Waals surface area contributed by atoms with E-state index < -0.39 is 18.7 Å². The van der Waals surface area contributed by atoms with Crippen molar-refractivity contribution in [2.45, 2.75) is 24.7 Å². The molecular weight excluding hydrogens is 283 g/mol. The van der Waals surface area contributed by atoms with Crippen molar-refractivity contribution in [1.82, 2.24) is 15.5 Å². The molecule has 1 aliphatic rings. The molecule has 0 aromatic carbocycles. The van der Waals surface area contributed by atoms with Crippen molar-refractivity contribution in [1.29, 1.82) is 0 Å². The summed E-state index contributed by atoms with van der Waals surface area (Å²) in [6.07, 6.45) is -0.588. The zero-order valence-corrected chi connectivity index (χ0v) is 12.0. The molecule has 0 unspecified atom stereocenters. The maximum absolute atomic E-state index is 13.5. The van der Waals surface area contributed by atoms with Crippen LogP contribution < -0.4 is 16.4 Å². The van der Waals surface area contributed by atoms with Crippen molar-refractivity contribution in [3.63, 3.8) is 0 Å². The molecule has 1 heterocycles. The number of nitrogens with zero attached hydrogens (tertiary/aromatic N) is 1. The Balaban J connectivity index is 2.52. The highest BCUT2D eigenvalue weighted by Crippen LogP contribution is 2.19. The lowest BCUT2D eigenvalue weighted by molar-refractivity contribution is -0.142. The van der Waals surface area contributed by atoms with E-state index in [0.29, 0.717) is 13.0 Å². The highest BCUT2D eigenvalue weighted by Gasteiger charge is 2.34. The number of urea groups is 1. The number of carboxylic acids is 1. The highest BCUT2D eigenvalue weighted by atomic mass is 19.1. The van der Waals surface area contributed by atoms with E-state index in [9.17, 15) is 14.0 Å². The smallest absolute Gasteiger partial charge is 0.329 e. The number of carboxylic acid groups (broad SMARTS) is 1. The summed E-state index contributed by atoms with van der Waals surface area (Å²) in [4.78, 5) is 23.6. The van der Waals surface area contributed by atoms with Gasteiger partial charge in [0.1, 0.15) is 12.8 Å². The van der Waals surface area contributed by atoms with Gasteiger partial charge in [-0.15, -0.1) is 0 Å². The summed E-state index contributed by atoms with van der Waals surface area (Å²) in [5.41, 5.74) is 5.28. The molecule has 0 aromatic rings. The van der Waals surface area contributed by atoms with Gasteiger partial charge in [0.2, 0.25) is 0 Å². The van der Waals surface area contributed by atoms with Gasteiger partial charge in [-0.25, -0.2) is 14.0 Å². The van der Waals surface area contributed by atoms with Crippen molar-refractivity contribution >= 4 is 12.0 Å². The third-order valence-corrected chi connectivity index (χ3v) is 3.31. The lowest BCUT2D eigenvalue weighted by atomic mass is 10.2. The molecule has 1 aliphatic heterocycles. The van der Waals surface area contributed by atoms with Crippen LogP contribution in [-0.2, 0) is 9.53 Å². The summed E-state index contributed by atoms with van der Waals surface area (Å²) in [6.45, 7) is 0.328. The molecule has 0 radical (unpaired) electrons.